The van der Waals surface area contributed by atoms with Crippen LogP contribution in [0.4, 0.5) is 0 Å². The Kier molecular flexibility index (Phi) is 3.75. The van der Waals surface area contributed by atoms with Crippen LogP contribution in [-0.2, 0) is 19.9 Å². The maximum absolute atomic E-state index is 12.2. The van der Waals surface area contributed by atoms with E-state index in [1.807, 2.05) is 12.1 Å². The van der Waals surface area contributed by atoms with E-state index < -0.39 is 23.5 Å². The van der Waals surface area contributed by atoms with E-state index in [1.54, 1.807) is 48.5 Å². The summed E-state index contributed by atoms with van der Waals surface area (Å²) in [6, 6.07) is 17.6. The molecule has 5 nitrogen and oxygen atoms in total. The molecule has 1 atom stereocenters. The molecule has 0 spiro atoms. The summed E-state index contributed by atoms with van der Waals surface area (Å²) in [6.45, 7) is -0.265. The van der Waals surface area contributed by atoms with Crippen LogP contribution in [0.15, 0.2) is 60.7 Å². The topological polar surface area (TPSA) is 75.6 Å². The van der Waals surface area contributed by atoms with Crippen molar-refractivity contribution < 1.29 is 19.4 Å². The summed E-state index contributed by atoms with van der Waals surface area (Å²) < 4.78 is 5.36. The van der Waals surface area contributed by atoms with Crippen molar-refractivity contribution in [3.8, 4) is 0 Å². The summed E-state index contributed by atoms with van der Waals surface area (Å²) in [6.07, 6.45) is -1.20. The Labute approximate surface area is 127 Å². The highest BCUT2D eigenvalue weighted by Gasteiger charge is 2.47. The van der Waals surface area contributed by atoms with Crippen molar-refractivity contribution in [3.63, 3.8) is 0 Å². The first-order valence-corrected chi connectivity index (χ1v) is 6.91. The molecule has 0 aromatic heterocycles. The minimum absolute atomic E-state index is 0.265. The Bertz CT molecular complexity index is 645. The first kappa shape index (κ1) is 14.4. The van der Waals surface area contributed by atoms with Crippen LogP contribution >= 0.6 is 0 Å². The molecule has 1 heterocycles. The van der Waals surface area contributed by atoms with E-state index in [2.05, 4.69) is 5.32 Å². The van der Waals surface area contributed by atoms with Gasteiger partial charge < -0.3 is 9.84 Å². The van der Waals surface area contributed by atoms with Gasteiger partial charge in [0.1, 0.15) is 12.2 Å². The number of imide groups is 1. The minimum Gasteiger partial charge on any atom is -0.377 e. The fraction of sp³-hybridized carbons (Fsp3) is 0.176. The molecule has 1 fully saturated rings. The number of amides is 2. The molecule has 2 aromatic carbocycles. The van der Waals surface area contributed by atoms with E-state index in [4.69, 9.17) is 4.74 Å². The first-order chi connectivity index (χ1) is 10.6. The molecule has 22 heavy (non-hydrogen) atoms. The van der Waals surface area contributed by atoms with E-state index >= 15 is 0 Å². The monoisotopic (exact) mass is 297 g/mol. The maximum atomic E-state index is 12.2. The molecular weight excluding hydrogens is 282 g/mol. The van der Waals surface area contributed by atoms with Crippen molar-refractivity contribution in [2.75, 3.05) is 6.61 Å². The zero-order valence-corrected chi connectivity index (χ0v) is 11.7. The lowest BCUT2D eigenvalue weighted by Crippen LogP contribution is -2.57. The minimum atomic E-state index is -1.67. The van der Waals surface area contributed by atoms with Crippen LogP contribution in [0.5, 0.6) is 0 Å². The van der Waals surface area contributed by atoms with Gasteiger partial charge in [-0.15, -0.1) is 0 Å². The maximum Gasteiger partial charge on any atom is 0.259 e. The van der Waals surface area contributed by atoms with Crippen molar-refractivity contribution >= 4 is 11.8 Å². The van der Waals surface area contributed by atoms with Crippen LogP contribution in [0.1, 0.15) is 11.1 Å². The third-order valence-electron chi connectivity index (χ3n) is 3.69. The van der Waals surface area contributed by atoms with E-state index in [-0.39, 0.29) is 6.61 Å². The summed E-state index contributed by atoms with van der Waals surface area (Å²) in [7, 11) is 0. The number of carbonyl (C=O) groups is 2. The average molecular weight is 297 g/mol. The Morgan fingerprint density at radius 2 is 1.45 bits per heavy atom. The number of ether oxygens (including phenoxy) is 1. The van der Waals surface area contributed by atoms with Crippen LogP contribution in [0, 0.1) is 0 Å². The molecule has 2 aromatic rings. The molecule has 2 N–H and O–H groups in total. The van der Waals surface area contributed by atoms with Gasteiger partial charge in [-0.25, -0.2) is 0 Å². The Balaban J connectivity index is 2.12. The highest BCUT2D eigenvalue weighted by Crippen LogP contribution is 2.35. The van der Waals surface area contributed by atoms with Gasteiger partial charge in [0.15, 0.2) is 6.10 Å². The molecule has 0 aliphatic carbocycles. The fourth-order valence-electron chi connectivity index (χ4n) is 2.64. The normalized spacial score (nSPS) is 18.9. The third kappa shape index (κ3) is 2.41. The van der Waals surface area contributed by atoms with Gasteiger partial charge in [0.2, 0.25) is 0 Å². The molecule has 1 aliphatic heterocycles. The largest absolute Gasteiger partial charge is 0.377 e. The molecule has 0 saturated carbocycles. The second kappa shape index (κ2) is 5.71. The van der Waals surface area contributed by atoms with E-state index in [0.717, 1.165) is 0 Å². The smallest absolute Gasteiger partial charge is 0.259 e. The van der Waals surface area contributed by atoms with Crippen LogP contribution in [0.3, 0.4) is 0 Å². The molecule has 1 saturated heterocycles. The van der Waals surface area contributed by atoms with Gasteiger partial charge in [-0.1, -0.05) is 60.7 Å². The van der Waals surface area contributed by atoms with Gasteiger partial charge in [0.05, 0.1) is 0 Å². The number of carbonyl (C=O) groups excluding carboxylic acids is 2. The van der Waals surface area contributed by atoms with Gasteiger partial charge in [-0.05, 0) is 11.1 Å². The predicted molar refractivity (Wildman–Crippen MR) is 78.8 cm³/mol. The van der Waals surface area contributed by atoms with Crippen molar-refractivity contribution in [1.29, 1.82) is 0 Å². The Morgan fingerprint density at radius 1 is 0.955 bits per heavy atom. The Morgan fingerprint density at radius 3 is 1.91 bits per heavy atom. The summed E-state index contributed by atoms with van der Waals surface area (Å²) in [5.41, 5.74) is -0.626. The fourth-order valence-corrected chi connectivity index (χ4v) is 2.64. The zero-order valence-electron chi connectivity index (χ0n) is 11.7. The molecule has 5 heteroatoms. The van der Waals surface area contributed by atoms with E-state index in [9.17, 15) is 14.7 Å². The van der Waals surface area contributed by atoms with E-state index in [0.29, 0.717) is 11.1 Å². The lowest BCUT2D eigenvalue weighted by atomic mass is 9.81. The molecule has 112 valence electrons. The summed E-state index contributed by atoms with van der Waals surface area (Å²) in [4.78, 5) is 23.5. The van der Waals surface area contributed by atoms with Gasteiger partial charge in [-0.2, -0.15) is 0 Å². The standard InChI is InChI=1S/C17H15NO4/c19-14-11-22-15(16(20)18-14)17(21,12-7-3-1-4-8-12)13-9-5-2-6-10-13/h1-10,15,21H,11H2,(H,18,19,20). The third-order valence-corrected chi connectivity index (χ3v) is 3.69. The van der Waals surface area contributed by atoms with Crippen LogP contribution in [0.25, 0.3) is 0 Å². The van der Waals surface area contributed by atoms with Crippen LogP contribution < -0.4 is 5.32 Å². The average Bonchev–Trinajstić information content (AvgIpc) is 2.56. The summed E-state index contributed by atoms with van der Waals surface area (Å²) >= 11 is 0. The lowest BCUT2D eigenvalue weighted by Gasteiger charge is -2.37. The molecule has 1 unspecified atom stereocenters. The summed E-state index contributed by atoms with van der Waals surface area (Å²) in [5, 5.41) is 13.5. The second-order valence-corrected chi connectivity index (χ2v) is 5.10. The number of aliphatic hydroxyl groups is 1. The zero-order chi connectivity index (χ0) is 15.6. The van der Waals surface area contributed by atoms with Crippen molar-refractivity contribution in [1.82, 2.24) is 5.32 Å². The molecule has 3 rings (SSSR count). The van der Waals surface area contributed by atoms with Gasteiger partial charge in [0, 0.05) is 0 Å². The van der Waals surface area contributed by atoms with E-state index in [1.165, 1.54) is 0 Å². The number of benzene rings is 2. The lowest BCUT2D eigenvalue weighted by molar-refractivity contribution is -0.165. The van der Waals surface area contributed by atoms with Crippen molar-refractivity contribution in [2.45, 2.75) is 11.7 Å². The molecule has 0 radical (unpaired) electrons. The molecule has 0 bridgehead atoms. The molecular formula is C17H15NO4. The number of hydrogen-bond acceptors (Lipinski definition) is 4. The molecule has 2 amide bonds. The Hall–Kier alpha value is -2.50. The van der Waals surface area contributed by atoms with Gasteiger partial charge in [-0.3, -0.25) is 14.9 Å². The van der Waals surface area contributed by atoms with Gasteiger partial charge in [0.25, 0.3) is 11.8 Å². The van der Waals surface area contributed by atoms with Crippen molar-refractivity contribution in [2.24, 2.45) is 0 Å². The number of rotatable bonds is 3. The second-order valence-electron chi connectivity index (χ2n) is 5.10. The SMILES string of the molecule is O=C1COC(C(O)(c2ccccc2)c2ccccc2)C(=O)N1. The van der Waals surface area contributed by atoms with Gasteiger partial charge >= 0.3 is 0 Å². The summed E-state index contributed by atoms with van der Waals surface area (Å²) in [5.74, 6) is -1.16. The number of nitrogens with one attached hydrogen (secondary N) is 1. The number of morpholine rings is 1. The quantitative estimate of drug-likeness (QED) is 0.828. The highest BCUT2D eigenvalue weighted by molar-refractivity contribution is 6.00. The first-order valence-electron chi connectivity index (χ1n) is 6.91. The molecule has 1 aliphatic rings. The number of hydrogen-bond donors (Lipinski definition) is 2. The highest BCUT2D eigenvalue weighted by atomic mass is 16.5. The predicted octanol–water partition coefficient (Wildman–Crippen LogP) is 0.964. The van der Waals surface area contributed by atoms with Crippen molar-refractivity contribution in [3.05, 3.63) is 71.8 Å². The van der Waals surface area contributed by atoms with Crippen LogP contribution in [-0.4, -0.2) is 29.6 Å². The van der Waals surface area contributed by atoms with Crippen LogP contribution in [0.2, 0.25) is 0 Å².